The molecule has 0 saturated carbocycles. The lowest BCUT2D eigenvalue weighted by atomic mass is 10.1. The predicted octanol–water partition coefficient (Wildman–Crippen LogP) is 2.78. The number of halogens is 2. The Labute approximate surface area is 116 Å². The van der Waals surface area contributed by atoms with Crippen molar-refractivity contribution < 1.29 is 13.9 Å². The monoisotopic (exact) mass is 286 g/mol. The summed E-state index contributed by atoms with van der Waals surface area (Å²) >= 11 is 5.45. The Morgan fingerprint density at radius 3 is 3.00 bits per heavy atom. The molecule has 1 amide bonds. The summed E-state index contributed by atoms with van der Waals surface area (Å²) in [6.45, 7) is 2.84. The number of nitrogens with one attached hydrogen (secondary N) is 1. The van der Waals surface area contributed by atoms with E-state index in [-0.39, 0.29) is 12.0 Å². The smallest absolute Gasteiger partial charge is 0.219 e. The highest BCUT2D eigenvalue weighted by atomic mass is 35.5. The van der Waals surface area contributed by atoms with Crippen molar-refractivity contribution >= 4 is 23.4 Å². The molecule has 1 fully saturated rings. The quantitative estimate of drug-likeness (QED) is 0.869. The van der Waals surface area contributed by atoms with Crippen LogP contribution in [0.25, 0.3) is 0 Å². The third kappa shape index (κ3) is 3.73. The van der Waals surface area contributed by atoms with Crippen LogP contribution in [0.5, 0.6) is 5.75 Å². The second-order valence-electron chi connectivity index (χ2n) is 4.62. The van der Waals surface area contributed by atoms with E-state index in [4.69, 9.17) is 16.5 Å². The normalized spacial score (nSPS) is 19.1. The van der Waals surface area contributed by atoms with E-state index in [2.05, 4.69) is 4.84 Å². The Morgan fingerprint density at radius 1 is 1.53 bits per heavy atom. The number of piperidine rings is 1. The van der Waals surface area contributed by atoms with Gasteiger partial charge in [-0.25, -0.2) is 4.39 Å². The molecule has 1 aliphatic heterocycles. The van der Waals surface area contributed by atoms with Crippen molar-refractivity contribution in [2.75, 3.05) is 17.9 Å². The Bertz CT molecular complexity index is 470. The highest BCUT2D eigenvalue weighted by Crippen LogP contribution is 2.24. The van der Waals surface area contributed by atoms with Crippen LogP contribution in [0.1, 0.15) is 19.8 Å². The third-order valence-electron chi connectivity index (χ3n) is 3.11. The van der Waals surface area contributed by atoms with Crippen LogP contribution in [0.2, 0.25) is 0 Å². The molecular weight excluding hydrogens is 271 g/mol. The summed E-state index contributed by atoms with van der Waals surface area (Å²) in [7, 11) is 0. The average Bonchev–Trinajstić information content (AvgIpc) is 2.38. The van der Waals surface area contributed by atoms with E-state index in [0.717, 1.165) is 19.4 Å². The molecule has 1 saturated heterocycles. The van der Waals surface area contributed by atoms with Crippen molar-refractivity contribution in [2.45, 2.75) is 25.9 Å². The van der Waals surface area contributed by atoms with Crippen LogP contribution in [0.4, 0.5) is 10.1 Å². The Kier molecular flexibility index (Phi) is 4.47. The third-order valence-corrected chi connectivity index (χ3v) is 3.32. The standard InChI is InChI=1S/C13H16ClFN2O2/c1-9(18)17-4-2-3-12(8-17)19-13-6-10(15)5-11(7-13)16-14/h5-7,12,16H,2-4,8H2,1H3/t12-/m1/s1. The van der Waals surface area contributed by atoms with E-state index >= 15 is 0 Å². The molecule has 4 nitrogen and oxygen atoms in total. The second-order valence-corrected chi connectivity index (χ2v) is 4.81. The van der Waals surface area contributed by atoms with Crippen molar-refractivity contribution in [3.8, 4) is 5.75 Å². The molecule has 0 aliphatic carbocycles. The van der Waals surface area contributed by atoms with Gasteiger partial charge in [0.25, 0.3) is 0 Å². The van der Waals surface area contributed by atoms with Gasteiger partial charge >= 0.3 is 0 Å². The minimum atomic E-state index is -0.417. The first-order chi connectivity index (χ1) is 9.08. The largest absolute Gasteiger partial charge is 0.488 e. The number of anilines is 1. The first kappa shape index (κ1) is 13.9. The average molecular weight is 287 g/mol. The zero-order valence-corrected chi connectivity index (χ0v) is 11.4. The minimum Gasteiger partial charge on any atom is -0.488 e. The van der Waals surface area contributed by atoms with Gasteiger partial charge in [0.05, 0.1) is 12.2 Å². The van der Waals surface area contributed by atoms with Gasteiger partial charge in [-0.3, -0.25) is 9.63 Å². The molecule has 104 valence electrons. The van der Waals surface area contributed by atoms with Gasteiger partial charge in [-0.2, -0.15) is 0 Å². The molecule has 2 rings (SSSR count). The molecule has 0 radical (unpaired) electrons. The summed E-state index contributed by atoms with van der Waals surface area (Å²) in [5.74, 6) is 0.0362. The molecule has 0 unspecified atom stereocenters. The molecule has 0 spiro atoms. The van der Waals surface area contributed by atoms with Crippen LogP contribution in [-0.2, 0) is 4.79 Å². The Hall–Kier alpha value is -1.49. The summed E-state index contributed by atoms with van der Waals surface area (Å²) in [6.07, 6.45) is 1.63. The Morgan fingerprint density at radius 2 is 2.32 bits per heavy atom. The van der Waals surface area contributed by atoms with Crippen molar-refractivity contribution in [1.82, 2.24) is 4.90 Å². The highest BCUT2D eigenvalue weighted by Gasteiger charge is 2.23. The summed E-state index contributed by atoms with van der Waals surface area (Å²) in [5.41, 5.74) is 0.441. The van der Waals surface area contributed by atoms with Gasteiger partial charge in [0.15, 0.2) is 0 Å². The number of hydrogen-bond acceptors (Lipinski definition) is 3. The molecule has 1 aliphatic rings. The lowest BCUT2D eigenvalue weighted by Crippen LogP contribution is -2.43. The van der Waals surface area contributed by atoms with Crippen molar-refractivity contribution in [1.29, 1.82) is 0 Å². The van der Waals surface area contributed by atoms with Gasteiger partial charge in [-0.1, -0.05) is 0 Å². The molecule has 1 atom stereocenters. The van der Waals surface area contributed by atoms with Crippen LogP contribution in [0, 0.1) is 5.82 Å². The number of likely N-dealkylation sites (tertiary alicyclic amines) is 1. The van der Waals surface area contributed by atoms with Gasteiger partial charge in [-0.05, 0) is 18.9 Å². The second kappa shape index (κ2) is 6.10. The number of nitrogens with zero attached hydrogens (tertiary/aromatic N) is 1. The van der Waals surface area contributed by atoms with E-state index < -0.39 is 5.82 Å². The molecule has 1 N–H and O–H groups in total. The van der Waals surface area contributed by atoms with E-state index in [1.165, 1.54) is 12.1 Å². The summed E-state index contributed by atoms with van der Waals surface area (Å²) in [6, 6.07) is 4.22. The molecule has 6 heteroatoms. The van der Waals surface area contributed by atoms with Crippen molar-refractivity contribution in [3.63, 3.8) is 0 Å². The molecular formula is C13H16ClFN2O2. The molecule has 0 aromatic heterocycles. The van der Waals surface area contributed by atoms with E-state index in [0.29, 0.717) is 18.0 Å². The van der Waals surface area contributed by atoms with Crippen LogP contribution in [0.3, 0.4) is 0 Å². The van der Waals surface area contributed by atoms with Crippen molar-refractivity contribution in [2.24, 2.45) is 0 Å². The van der Waals surface area contributed by atoms with Crippen LogP contribution < -0.4 is 9.57 Å². The van der Waals surface area contributed by atoms with Gasteiger partial charge in [0.1, 0.15) is 17.7 Å². The highest BCUT2D eigenvalue weighted by molar-refractivity contribution is 6.23. The van der Waals surface area contributed by atoms with E-state index in [1.54, 1.807) is 17.9 Å². The number of amides is 1. The fraction of sp³-hybridized carbons (Fsp3) is 0.462. The SMILES string of the molecule is CC(=O)N1CCC[C@@H](Oc2cc(F)cc(NCl)c2)C1. The topological polar surface area (TPSA) is 41.6 Å². The van der Waals surface area contributed by atoms with E-state index in [9.17, 15) is 9.18 Å². The maximum Gasteiger partial charge on any atom is 0.219 e. The number of carbonyl (C=O) groups excluding carboxylic acids is 1. The number of benzene rings is 1. The fourth-order valence-corrected chi connectivity index (χ4v) is 2.31. The maximum atomic E-state index is 13.3. The molecule has 1 aromatic rings. The maximum absolute atomic E-state index is 13.3. The summed E-state index contributed by atoms with van der Waals surface area (Å²) in [5, 5.41) is 0. The van der Waals surface area contributed by atoms with Crippen LogP contribution in [0.15, 0.2) is 18.2 Å². The number of carbonyl (C=O) groups is 1. The first-order valence-corrected chi connectivity index (χ1v) is 6.55. The van der Waals surface area contributed by atoms with Crippen molar-refractivity contribution in [3.05, 3.63) is 24.0 Å². The van der Waals surface area contributed by atoms with Gasteiger partial charge in [0.2, 0.25) is 5.91 Å². The number of hydrogen-bond donors (Lipinski definition) is 1. The molecule has 1 heterocycles. The molecule has 19 heavy (non-hydrogen) atoms. The first-order valence-electron chi connectivity index (χ1n) is 6.18. The van der Waals surface area contributed by atoms with Crippen LogP contribution in [-0.4, -0.2) is 30.0 Å². The summed E-state index contributed by atoms with van der Waals surface area (Å²) in [4.78, 5) is 15.4. The molecule has 0 bridgehead atoms. The lowest BCUT2D eigenvalue weighted by Gasteiger charge is -2.32. The zero-order valence-electron chi connectivity index (χ0n) is 10.7. The summed E-state index contributed by atoms with van der Waals surface area (Å²) < 4.78 is 19.1. The van der Waals surface area contributed by atoms with Gasteiger partial charge < -0.3 is 9.64 Å². The lowest BCUT2D eigenvalue weighted by molar-refractivity contribution is -0.131. The molecule has 1 aromatic carbocycles. The zero-order chi connectivity index (χ0) is 13.8. The van der Waals surface area contributed by atoms with E-state index in [1.807, 2.05) is 0 Å². The minimum absolute atomic E-state index is 0.0376. The van der Waals surface area contributed by atoms with Gasteiger partial charge in [0, 0.05) is 37.4 Å². The predicted molar refractivity (Wildman–Crippen MR) is 71.8 cm³/mol. The Balaban J connectivity index is 2.04. The number of ether oxygens (including phenoxy) is 1. The number of rotatable bonds is 3. The van der Waals surface area contributed by atoms with Crippen LogP contribution >= 0.6 is 11.8 Å². The fourth-order valence-electron chi connectivity index (χ4n) is 2.20. The van der Waals surface area contributed by atoms with Gasteiger partial charge in [-0.15, -0.1) is 0 Å².